The summed E-state index contributed by atoms with van der Waals surface area (Å²) in [6, 6.07) is 10.6. The molecule has 0 aliphatic rings. The first-order valence-corrected chi connectivity index (χ1v) is 9.42. The third-order valence-corrected chi connectivity index (χ3v) is 4.41. The van der Waals surface area contributed by atoms with Gasteiger partial charge in [-0.15, -0.1) is 13.2 Å². The number of carbonyl (C=O) groups excluding carboxylic acids is 1. The van der Waals surface area contributed by atoms with E-state index in [1.54, 1.807) is 24.3 Å². The second-order valence-corrected chi connectivity index (χ2v) is 6.88. The van der Waals surface area contributed by atoms with E-state index >= 15 is 0 Å². The molecule has 0 saturated carbocycles. The molecule has 0 bridgehead atoms. The van der Waals surface area contributed by atoms with Crippen LogP contribution in [0.15, 0.2) is 48.5 Å². The summed E-state index contributed by atoms with van der Waals surface area (Å²) in [7, 11) is 0. The van der Waals surface area contributed by atoms with E-state index in [0.717, 1.165) is 12.1 Å². The standard InChI is InChI=1S/C18H11Cl3F3N5O2/c19-13-14(20)28-16(21)29-15(13)25-10-2-1-3-11(8-10)27-17(30)26-9-4-6-12(7-5-9)31-18(22,23)24/h1-8H,(H,25,28,29)(H2,26,27,30). The largest absolute Gasteiger partial charge is 0.573 e. The molecule has 0 aliphatic heterocycles. The van der Waals surface area contributed by atoms with E-state index < -0.39 is 18.1 Å². The summed E-state index contributed by atoms with van der Waals surface area (Å²) in [6.07, 6.45) is -4.79. The lowest BCUT2D eigenvalue weighted by Crippen LogP contribution is -2.19. The van der Waals surface area contributed by atoms with Crippen molar-refractivity contribution < 1.29 is 22.7 Å². The molecule has 0 fully saturated rings. The van der Waals surface area contributed by atoms with E-state index in [1.165, 1.54) is 12.1 Å². The molecule has 13 heteroatoms. The molecule has 0 saturated heterocycles. The summed E-state index contributed by atoms with van der Waals surface area (Å²) in [5.74, 6) is -0.227. The van der Waals surface area contributed by atoms with Crippen molar-refractivity contribution in [1.82, 2.24) is 9.97 Å². The van der Waals surface area contributed by atoms with Crippen LogP contribution in [0.3, 0.4) is 0 Å². The highest BCUT2D eigenvalue weighted by Gasteiger charge is 2.30. The minimum atomic E-state index is -4.79. The summed E-state index contributed by atoms with van der Waals surface area (Å²) in [6.45, 7) is 0. The molecule has 0 aliphatic carbocycles. The third-order valence-electron chi connectivity index (χ3n) is 3.51. The number of rotatable bonds is 5. The minimum absolute atomic E-state index is 0.0236. The fourth-order valence-electron chi connectivity index (χ4n) is 2.32. The Morgan fingerprint density at radius 1 is 0.903 bits per heavy atom. The average molecular weight is 493 g/mol. The zero-order valence-electron chi connectivity index (χ0n) is 15.1. The number of amides is 2. The minimum Gasteiger partial charge on any atom is -0.406 e. The Morgan fingerprint density at radius 2 is 1.55 bits per heavy atom. The SMILES string of the molecule is O=C(Nc1ccc(OC(F)(F)F)cc1)Nc1cccc(Nc2nc(Cl)nc(Cl)c2Cl)c1. The maximum atomic E-state index is 12.2. The van der Waals surface area contributed by atoms with Crippen LogP contribution in [0.1, 0.15) is 0 Å². The van der Waals surface area contributed by atoms with Crippen LogP contribution >= 0.6 is 34.8 Å². The van der Waals surface area contributed by atoms with Gasteiger partial charge in [0.2, 0.25) is 5.28 Å². The predicted octanol–water partition coefficient (Wildman–Crippen LogP) is 6.72. The van der Waals surface area contributed by atoms with Gasteiger partial charge in [0.15, 0.2) is 11.0 Å². The van der Waals surface area contributed by atoms with Crippen molar-refractivity contribution >= 4 is 63.7 Å². The summed E-state index contributed by atoms with van der Waals surface area (Å²) < 4.78 is 40.3. The molecule has 0 spiro atoms. The zero-order valence-corrected chi connectivity index (χ0v) is 17.4. The van der Waals surface area contributed by atoms with Crippen molar-refractivity contribution in [3.05, 3.63) is 64.0 Å². The molecule has 31 heavy (non-hydrogen) atoms. The number of hydrogen-bond acceptors (Lipinski definition) is 5. The molecular formula is C18H11Cl3F3N5O2. The highest BCUT2D eigenvalue weighted by Crippen LogP contribution is 2.31. The molecule has 2 aromatic carbocycles. The van der Waals surface area contributed by atoms with Gasteiger partial charge in [0.1, 0.15) is 10.8 Å². The molecule has 0 radical (unpaired) electrons. The maximum Gasteiger partial charge on any atom is 0.573 e. The molecule has 0 unspecified atom stereocenters. The number of benzene rings is 2. The fraction of sp³-hybridized carbons (Fsp3) is 0.0556. The normalized spacial score (nSPS) is 11.0. The van der Waals surface area contributed by atoms with Gasteiger partial charge in [-0.1, -0.05) is 29.3 Å². The van der Waals surface area contributed by atoms with Gasteiger partial charge in [0, 0.05) is 17.1 Å². The Bertz CT molecular complexity index is 1100. The number of nitrogens with zero attached hydrogens (tertiary/aromatic N) is 2. The van der Waals surface area contributed by atoms with E-state index in [9.17, 15) is 18.0 Å². The van der Waals surface area contributed by atoms with Crippen molar-refractivity contribution in [3.63, 3.8) is 0 Å². The molecule has 2 amide bonds. The van der Waals surface area contributed by atoms with E-state index in [2.05, 4.69) is 30.7 Å². The molecule has 7 nitrogen and oxygen atoms in total. The second-order valence-electron chi connectivity index (χ2n) is 5.80. The van der Waals surface area contributed by atoms with Gasteiger partial charge >= 0.3 is 12.4 Å². The monoisotopic (exact) mass is 491 g/mol. The van der Waals surface area contributed by atoms with Crippen LogP contribution in [0.25, 0.3) is 0 Å². The van der Waals surface area contributed by atoms with E-state index in [1.807, 2.05) is 0 Å². The first kappa shape index (κ1) is 22.7. The van der Waals surface area contributed by atoms with Gasteiger partial charge in [0.05, 0.1) is 0 Å². The number of carbonyl (C=O) groups is 1. The van der Waals surface area contributed by atoms with Gasteiger partial charge < -0.3 is 20.7 Å². The average Bonchev–Trinajstić information content (AvgIpc) is 2.66. The number of ether oxygens (including phenoxy) is 1. The van der Waals surface area contributed by atoms with E-state index in [-0.39, 0.29) is 27.0 Å². The van der Waals surface area contributed by atoms with Crippen LogP contribution in [0.2, 0.25) is 15.5 Å². The number of urea groups is 1. The van der Waals surface area contributed by atoms with Crippen LogP contribution in [-0.2, 0) is 0 Å². The lowest BCUT2D eigenvalue weighted by Gasteiger charge is -2.12. The Morgan fingerprint density at radius 3 is 2.23 bits per heavy atom. The van der Waals surface area contributed by atoms with Gasteiger partial charge in [0.25, 0.3) is 0 Å². The molecule has 1 aromatic heterocycles. The van der Waals surface area contributed by atoms with Crippen molar-refractivity contribution in [1.29, 1.82) is 0 Å². The molecule has 0 atom stereocenters. The van der Waals surface area contributed by atoms with Gasteiger partial charge in [-0.05, 0) is 54.1 Å². The van der Waals surface area contributed by atoms with Gasteiger partial charge in [-0.2, -0.15) is 4.98 Å². The molecule has 1 heterocycles. The Kier molecular flexibility index (Phi) is 6.94. The first-order chi connectivity index (χ1) is 14.6. The quantitative estimate of drug-likeness (QED) is 0.272. The maximum absolute atomic E-state index is 12.2. The Hall–Kier alpha value is -2.95. The lowest BCUT2D eigenvalue weighted by molar-refractivity contribution is -0.274. The summed E-state index contributed by atoms with van der Waals surface area (Å²) in [5.41, 5.74) is 1.18. The molecular weight excluding hydrogens is 482 g/mol. The fourth-order valence-corrected chi connectivity index (χ4v) is 2.84. The first-order valence-electron chi connectivity index (χ1n) is 8.28. The van der Waals surface area contributed by atoms with Crippen molar-refractivity contribution in [2.45, 2.75) is 6.36 Å². The topological polar surface area (TPSA) is 88.2 Å². The van der Waals surface area contributed by atoms with Crippen molar-refractivity contribution in [2.75, 3.05) is 16.0 Å². The third kappa shape index (κ3) is 6.78. The number of aromatic nitrogens is 2. The second kappa shape index (κ2) is 9.46. The number of halogens is 6. The summed E-state index contributed by atoms with van der Waals surface area (Å²) in [5, 5.41) is 7.94. The van der Waals surface area contributed by atoms with Crippen LogP contribution in [0.4, 0.5) is 40.8 Å². The molecule has 3 aromatic rings. The molecule has 3 N–H and O–H groups in total. The van der Waals surface area contributed by atoms with Gasteiger partial charge in [-0.25, -0.2) is 9.78 Å². The highest BCUT2D eigenvalue weighted by atomic mass is 35.5. The number of nitrogens with one attached hydrogen (secondary N) is 3. The highest BCUT2D eigenvalue weighted by molar-refractivity contribution is 6.43. The Labute approximate surface area is 188 Å². The van der Waals surface area contributed by atoms with Crippen LogP contribution in [0, 0.1) is 0 Å². The molecule has 3 rings (SSSR count). The van der Waals surface area contributed by atoms with Gasteiger partial charge in [-0.3, -0.25) is 0 Å². The van der Waals surface area contributed by atoms with Crippen LogP contribution in [0.5, 0.6) is 5.75 Å². The lowest BCUT2D eigenvalue weighted by atomic mass is 10.2. The van der Waals surface area contributed by atoms with E-state index in [0.29, 0.717) is 11.4 Å². The number of anilines is 4. The summed E-state index contributed by atoms with van der Waals surface area (Å²) in [4.78, 5) is 19.8. The number of hydrogen-bond donors (Lipinski definition) is 3. The smallest absolute Gasteiger partial charge is 0.406 e. The zero-order chi connectivity index (χ0) is 22.6. The van der Waals surface area contributed by atoms with Crippen molar-refractivity contribution in [3.8, 4) is 5.75 Å². The van der Waals surface area contributed by atoms with E-state index in [4.69, 9.17) is 34.8 Å². The van der Waals surface area contributed by atoms with Crippen LogP contribution in [-0.4, -0.2) is 22.4 Å². The molecule has 162 valence electrons. The Balaban J connectivity index is 1.64. The summed E-state index contributed by atoms with van der Waals surface area (Å²) >= 11 is 17.7. The van der Waals surface area contributed by atoms with Crippen molar-refractivity contribution in [2.24, 2.45) is 0 Å². The van der Waals surface area contributed by atoms with Crippen LogP contribution < -0.4 is 20.7 Å². The predicted molar refractivity (Wildman–Crippen MR) is 113 cm³/mol. The number of alkyl halides is 3.